The second-order valence-electron chi connectivity index (χ2n) is 7.16. The van der Waals surface area contributed by atoms with Crippen LogP contribution in [0.2, 0.25) is 0 Å². The normalized spacial score (nSPS) is 11.3. The van der Waals surface area contributed by atoms with Gasteiger partial charge in [0.25, 0.3) is 0 Å². The van der Waals surface area contributed by atoms with Crippen molar-refractivity contribution in [3.8, 4) is 51.2 Å². The number of nitrogens with one attached hydrogen (secondary N) is 1. The van der Waals surface area contributed by atoms with Gasteiger partial charge in [-0.05, 0) is 18.2 Å². The molecule has 0 aliphatic heterocycles. The van der Waals surface area contributed by atoms with E-state index in [1.54, 1.807) is 18.2 Å². The molecule has 0 amide bonds. The van der Waals surface area contributed by atoms with E-state index in [0.717, 1.165) is 17.7 Å². The van der Waals surface area contributed by atoms with Crippen LogP contribution in [0.5, 0.6) is 17.2 Å². The zero-order valence-electron chi connectivity index (χ0n) is 18.2. The summed E-state index contributed by atoms with van der Waals surface area (Å²) in [5.74, 6) is 1.83. The summed E-state index contributed by atoms with van der Waals surface area (Å²) in [6.07, 6.45) is -4.46. The predicted molar refractivity (Wildman–Crippen MR) is 120 cm³/mol. The molecule has 1 aromatic heterocycles. The smallest absolute Gasteiger partial charge is 0.416 e. The molecule has 1 heterocycles. The van der Waals surface area contributed by atoms with E-state index in [1.807, 2.05) is 30.3 Å². The van der Waals surface area contributed by atoms with Gasteiger partial charge < -0.3 is 19.2 Å². The Bertz CT molecular complexity index is 1270. The number of benzene rings is 3. The van der Waals surface area contributed by atoms with Crippen LogP contribution >= 0.6 is 0 Å². The lowest BCUT2D eigenvalue weighted by Gasteiger charge is -2.12. The van der Waals surface area contributed by atoms with Gasteiger partial charge in [-0.25, -0.2) is 4.98 Å². The van der Waals surface area contributed by atoms with E-state index < -0.39 is 11.7 Å². The number of halogens is 3. The molecule has 0 radical (unpaired) electrons. The fraction of sp³-hybridized carbons (Fsp3) is 0.160. The van der Waals surface area contributed by atoms with Gasteiger partial charge in [-0.1, -0.05) is 42.5 Å². The number of aromatic amines is 1. The second-order valence-corrected chi connectivity index (χ2v) is 7.16. The second kappa shape index (κ2) is 8.90. The number of H-pyrrole nitrogens is 1. The highest BCUT2D eigenvalue weighted by molar-refractivity contribution is 5.83. The van der Waals surface area contributed by atoms with Crippen molar-refractivity contribution >= 4 is 0 Å². The van der Waals surface area contributed by atoms with Gasteiger partial charge in [0.1, 0.15) is 11.6 Å². The number of imidazole rings is 1. The third-order valence-corrected chi connectivity index (χ3v) is 5.19. The standard InChI is InChI=1S/C25H21F3N2O3/c1-31-19-14-21(33-3)20(32-2)13-18(19)24-29-22(15-8-5-4-6-9-15)23(30-24)16-10-7-11-17(12-16)25(26,27)28/h4-14H,1-3H3,(H,29,30). The Hall–Kier alpha value is -3.94. The van der Waals surface area contributed by atoms with Crippen molar-refractivity contribution in [1.29, 1.82) is 0 Å². The monoisotopic (exact) mass is 454 g/mol. The first-order chi connectivity index (χ1) is 15.9. The zero-order valence-corrected chi connectivity index (χ0v) is 18.2. The summed E-state index contributed by atoms with van der Waals surface area (Å²) in [7, 11) is 4.54. The first-order valence-electron chi connectivity index (χ1n) is 9.99. The number of ether oxygens (including phenoxy) is 3. The minimum atomic E-state index is -4.46. The Morgan fingerprint density at radius 1 is 0.727 bits per heavy atom. The highest BCUT2D eigenvalue weighted by atomic mass is 19.4. The molecule has 8 heteroatoms. The summed E-state index contributed by atoms with van der Waals surface area (Å²) in [5, 5.41) is 0. The summed E-state index contributed by atoms with van der Waals surface area (Å²) in [5.41, 5.74) is 1.92. The molecule has 0 saturated heterocycles. The molecule has 3 aromatic carbocycles. The van der Waals surface area contributed by atoms with E-state index in [2.05, 4.69) is 4.98 Å². The number of hydrogen-bond donors (Lipinski definition) is 1. The Kier molecular flexibility index (Phi) is 6.00. The van der Waals surface area contributed by atoms with Crippen LogP contribution in [0, 0.1) is 0 Å². The van der Waals surface area contributed by atoms with Crippen LogP contribution in [0.3, 0.4) is 0 Å². The molecule has 0 saturated carbocycles. The van der Waals surface area contributed by atoms with E-state index in [4.69, 9.17) is 19.2 Å². The van der Waals surface area contributed by atoms with Gasteiger partial charge in [0, 0.05) is 17.2 Å². The number of nitrogens with zero attached hydrogens (tertiary/aromatic N) is 1. The lowest BCUT2D eigenvalue weighted by Crippen LogP contribution is -2.04. The van der Waals surface area contributed by atoms with Gasteiger partial charge in [0.05, 0.1) is 43.8 Å². The van der Waals surface area contributed by atoms with Gasteiger partial charge in [-0.2, -0.15) is 13.2 Å². The van der Waals surface area contributed by atoms with E-state index >= 15 is 0 Å². The zero-order chi connectivity index (χ0) is 23.6. The summed E-state index contributed by atoms with van der Waals surface area (Å²) in [4.78, 5) is 7.96. The Morgan fingerprint density at radius 3 is 2.00 bits per heavy atom. The molecule has 33 heavy (non-hydrogen) atoms. The number of aromatic nitrogens is 2. The quantitative estimate of drug-likeness (QED) is 0.364. The van der Waals surface area contributed by atoms with Crippen molar-refractivity contribution in [2.45, 2.75) is 6.18 Å². The maximum Gasteiger partial charge on any atom is 0.416 e. The molecular weight excluding hydrogens is 433 g/mol. The van der Waals surface area contributed by atoms with Crippen molar-refractivity contribution in [3.05, 3.63) is 72.3 Å². The number of alkyl halides is 3. The van der Waals surface area contributed by atoms with Crippen molar-refractivity contribution in [1.82, 2.24) is 9.97 Å². The molecule has 4 aromatic rings. The Labute approximate surface area is 188 Å². The van der Waals surface area contributed by atoms with Gasteiger partial charge in [0.15, 0.2) is 11.5 Å². The lowest BCUT2D eigenvalue weighted by molar-refractivity contribution is -0.137. The molecule has 0 aliphatic rings. The van der Waals surface area contributed by atoms with Crippen LogP contribution in [-0.4, -0.2) is 31.3 Å². The number of hydrogen-bond acceptors (Lipinski definition) is 4. The molecular formula is C25H21F3N2O3. The van der Waals surface area contributed by atoms with E-state index in [9.17, 15) is 13.2 Å². The molecule has 4 rings (SSSR count). The van der Waals surface area contributed by atoms with Gasteiger partial charge in [0.2, 0.25) is 0 Å². The minimum absolute atomic E-state index is 0.339. The van der Waals surface area contributed by atoms with Crippen LogP contribution in [0.15, 0.2) is 66.7 Å². The van der Waals surface area contributed by atoms with Crippen molar-refractivity contribution < 1.29 is 27.4 Å². The van der Waals surface area contributed by atoms with Crippen molar-refractivity contribution in [2.24, 2.45) is 0 Å². The Balaban J connectivity index is 1.95. The first kappa shape index (κ1) is 22.3. The molecule has 0 unspecified atom stereocenters. The van der Waals surface area contributed by atoms with Gasteiger partial charge in [-0.3, -0.25) is 0 Å². The van der Waals surface area contributed by atoms with Crippen LogP contribution in [0.1, 0.15) is 5.56 Å². The SMILES string of the molecule is COc1cc(OC)c(-c2nc(-c3cccc(C(F)(F)F)c3)c(-c3ccccc3)[nH]2)cc1OC. The number of methoxy groups -OCH3 is 3. The summed E-state index contributed by atoms with van der Waals surface area (Å²) >= 11 is 0. The van der Waals surface area contributed by atoms with Crippen LogP contribution in [-0.2, 0) is 6.18 Å². The molecule has 0 bridgehead atoms. The lowest BCUT2D eigenvalue weighted by atomic mass is 10.0. The molecule has 0 spiro atoms. The highest BCUT2D eigenvalue weighted by Gasteiger charge is 2.31. The average molecular weight is 454 g/mol. The fourth-order valence-corrected chi connectivity index (χ4v) is 3.58. The Morgan fingerprint density at radius 2 is 1.36 bits per heavy atom. The largest absolute Gasteiger partial charge is 0.496 e. The minimum Gasteiger partial charge on any atom is -0.496 e. The van der Waals surface area contributed by atoms with Crippen LogP contribution in [0.4, 0.5) is 13.2 Å². The molecule has 0 atom stereocenters. The molecule has 5 nitrogen and oxygen atoms in total. The third-order valence-electron chi connectivity index (χ3n) is 5.19. The summed E-state index contributed by atoms with van der Waals surface area (Å²) < 4.78 is 56.4. The van der Waals surface area contributed by atoms with E-state index in [-0.39, 0.29) is 0 Å². The molecule has 0 fully saturated rings. The predicted octanol–water partition coefficient (Wildman–Crippen LogP) is 6.46. The van der Waals surface area contributed by atoms with E-state index in [1.165, 1.54) is 27.4 Å². The third kappa shape index (κ3) is 4.37. The highest BCUT2D eigenvalue weighted by Crippen LogP contribution is 2.42. The molecule has 1 N–H and O–H groups in total. The van der Waals surface area contributed by atoms with Gasteiger partial charge in [-0.15, -0.1) is 0 Å². The van der Waals surface area contributed by atoms with E-state index in [0.29, 0.717) is 45.6 Å². The maximum atomic E-state index is 13.4. The van der Waals surface area contributed by atoms with Crippen molar-refractivity contribution in [3.63, 3.8) is 0 Å². The molecule has 170 valence electrons. The van der Waals surface area contributed by atoms with Crippen LogP contribution < -0.4 is 14.2 Å². The number of rotatable bonds is 6. The topological polar surface area (TPSA) is 56.4 Å². The average Bonchev–Trinajstić information content (AvgIpc) is 3.28. The summed E-state index contributed by atoms with van der Waals surface area (Å²) in [6, 6.07) is 17.8. The maximum absolute atomic E-state index is 13.4. The van der Waals surface area contributed by atoms with Crippen LogP contribution in [0.25, 0.3) is 33.9 Å². The fourth-order valence-electron chi connectivity index (χ4n) is 3.58. The molecule has 0 aliphatic carbocycles. The van der Waals surface area contributed by atoms with Gasteiger partial charge >= 0.3 is 6.18 Å². The van der Waals surface area contributed by atoms with Crippen molar-refractivity contribution in [2.75, 3.05) is 21.3 Å². The first-order valence-corrected chi connectivity index (χ1v) is 9.99. The summed E-state index contributed by atoms with van der Waals surface area (Å²) in [6.45, 7) is 0.